The van der Waals surface area contributed by atoms with Crippen LogP contribution in [0.1, 0.15) is 27.0 Å². The van der Waals surface area contributed by atoms with E-state index >= 15 is 0 Å². The Bertz CT molecular complexity index is 1260. The van der Waals surface area contributed by atoms with E-state index in [0.717, 1.165) is 23.1 Å². The largest absolute Gasteiger partial charge is 0.478 e. The van der Waals surface area contributed by atoms with E-state index in [-0.39, 0.29) is 27.7 Å². The van der Waals surface area contributed by atoms with Gasteiger partial charge in [0.1, 0.15) is 11.3 Å². The van der Waals surface area contributed by atoms with Crippen molar-refractivity contribution in [3.63, 3.8) is 0 Å². The van der Waals surface area contributed by atoms with Crippen LogP contribution in [0.3, 0.4) is 0 Å². The summed E-state index contributed by atoms with van der Waals surface area (Å²) in [5.74, 6) is -0.939. The summed E-state index contributed by atoms with van der Waals surface area (Å²) in [4.78, 5) is 16.2. The molecule has 4 rings (SSSR count). The van der Waals surface area contributed by atoms with Gasteiger partial charge in [0.2, 0.25) is 0 Å². The molecule has 7 heteroatoms. The standard InChI is InChI=1S/C21H14F3NO3/c1-10-7-12(21(22,23)24)8-14-15(20(26)27)9-16(25-18(10)14)19-11(2)13-5-3-4-6-17(13)28-19/h3-9H,1-2H3,(H,26,27). The lowest BCUT2D eigenvalue weighted by Gasteiger charge is -2.13. The number of pyridine rings is 1. The third-order valence-electron chi connectivity index (χ3n) is 4.74. The Morgan fingerprint density at radius 2 is 1.79 bits per heavy atom. The van der Waals surface area contributed by atoms with Gasteiger partial charge in [-0.3, -0.25) is 0 Å². The van der Waals surface area contributed by atoms with Crippen molar-refractivity contribution >= 4 is 27.8 Å². The van der Waals surface area contributed by atoms with Crippen LogP contribution in [0.2, 0.25) is 0 Å². The number of aromatic carboxylic acids is 1. The maximum absolute atomic E-state index is 13.2. The molecule has 0 saturated carbocycles. The van der Waals surface area contributed by atoms with Gasteiger partial charge in [-0.1, -0.05) is 18.2 Å². The number of rotatable bonds is 2. The number of hydrogen-bond acceptors (Lipinski definition) is 3. The number of aryl methyl sites for hydroxylation is 2. The quantitative estimate of drug-likeness (QED) is 0.461. The highest BCUT2D eigenvalue weighted by Gasteiger charge is 2.32. The molecule has 0 atom stereocenters. The highest BCUT2D eigenvalue weighted by Crippen LogP contribution is 2.37. The molecule has 0 bridgehead atoms. The lowest BCUT2D eigenvalue weighted by Crippen LogP contribution is -2.08. The molecular formula is C21H14F3NO3. The lowest BCUT2D eigenvalue weighted by atomic mass is 9.99. The molecule has 0 saturated heterocycles. The highest BCUT2D eigenvalue weighted by molar-refractivity contribution is 6.05. The first kappa shape index (κ1) is 18.0. The Labute approximate surface area is 157 Å². The number of benzene rings is 2. The second-order valence-electron chi connectivity index (χ2n) is 6.60. The van der Waals surface area contributed by atoms with Gasteiger partial charge in [0, 0.05) is 16.3 Å². The first-order chi connectivity index (χ1) is 13.2. The fourth-order valence-corrected chi connectivity index (χ4v) is 3.38. The van der Waals surface area contributed by atoms with Crippen LogP contribution in [0.15, 0.2) is 46.9 Å². The van der Waals surface area contributed by atoms with E-state index in [2.05, 4.69) is 4.98 Å². The summed E-state index contributed by atoms with van der Waals surface area (Å²) in [5.41, 5.74) is 0.942. The number of carboxylic acid groups (broad SMARTS) is 1. The molecule has 0 spiro atoms. The fourth-order valence-electron chi connectivity index (χ4n) is 3.38. The van der Waals surface area contributed by atoms with Crippen LogP contribution in [-0.2, 0) is 6.18 Å². The molecule has 0 amide bonds. The van der Waals surface area contributed by atoms with Gasteiger partial charge < -0.3 is 9.52 Å². The molecule has 142 valence electrons. The van der Waals surface area contributed by atoms with Crippen LogP contribution in [0.5, 0.6) is 0 Å². The Morgan fingerprint density at radius 1 is 1.07 bits per heavy atom. The molecule has 0 fully saturated rings. The zero-order chi connectivity index (χ0) is 20.2. The number of alkyl halides is 3. The molecule has 2 aromatic carbocycles. The first-order valence-corrected chi connectivity index (χ1v) is 8.41. The fraction of sp³-hybridized carbons (Fsp3) is 0.143. The van der Waals surface area contributed by atoms with E-state index in [0.29, 0.717) is 11.3 Å². The van der Waals surface area contributed by atoms with E-state index in [1.54, 1.807) is 6.07 Å². The molecule has 4 aromatic rings. The van der Waals surface area contributed by atoms with Crippen LogP contribution < -0.4 is 0 Å². The molecule has 0 radical (unpaired) electrons. The molecule has 2 aromatic heterocycles. The average Bonchev–Trinajstić information content (AvgIpc) is 2.97. The van der Waals surface area contributed by atoms with Gasteiger partial charge in [0.15, 0.2) is 5.76 Å². The lowest BCUT2D eigenvalue weighted by molar-refractivity contribution is -0.137. The molecule has 0 aliphatic heterocycles. The van der Waals surface area contributed by atoms with Gasteiger partial charge in [0.05, 0.1) is 16.6 Å². The first-order valence-electron chi connectivity index (χ1n) is 8.41. The number of para-hydroxylation sites is 1. The number of halogens is 3. The summed E-state index contributed by atoms with van der Waals surface area (Å²) in [7, 11) is 0. The molecule has 0 aliphatic carbocycles. The third-order valence-corrected chi connectivity index (χ3v) is 4.74. The minimum absolute atomic E-state index is 0.0580. The SMILES string of the molecule is Cc1c(-c2cc(C(=O)O)c3cc(C(F)(F)F)cc(C)c3n2)oc2ccccc12. The topological polar surface area (TPSA) is 63.3 Å². The minimum atomic E-state index is -4.58. The molecule has 4 nitrogen and oxygen atoms in total. The number of hydrogen-bond donors (Lipinski definition) is 1. The van der Waals surface area contributed by atoms with Crippen molar-refractivity contribution in [1.29, 1.82) is 0 Å². The number of furan rings is 1. The number of fused-ring (bicyclic) bond motifs is 2. The Kier molecular flexibility index (Phi) is 3.92. The van der Waals surface area contributed by atoms with Gasteiger partial charge >= 0.3 is 12.1 Å². The van der Waals surface area contributed by atoms with E-state index < -0.39 is 17.7 Å². The van der Waals surface area contributed by atoms with Crippen molar-refractivity contribution in [3.05, 3.63) is 64.7 Å². The summed E-state index contributed by atoms with van der Waals surface area (Å²) in [5, 5.41) is 10.4. The molecule has 28 heavy (non-hydrogen) atoms. The number of aromatic nitrogens is 1. The summed E-state index contributed by atoms with van der Waals surface area (Å²) in [6, 6.07) is 10.4. The Hall–Kier alpha value is -3.35. The summed E-state index contributed by atoms with van der Waals surface area (Å²) < 4.78 is 45.3. The Morgan fingerprint density at radius 3 is 2.43 bits per heavy atom. The van der Waals surface area contributed by atoms with Crippen molar-refractivity contribution in [3.8, 4) is 11.5 Å². The van der Waals surface area contributed by atoms with Crippen LogP contribution in [-0.4, -0.2) is 16.1 Å². The van der Waals surface area contributed by atoms with E-state index in [1.165, 1.54) is 13.0 Å². The van der Waals surface area contributed by atoms with Crippen molar-refractivity contribution in [2.24, 2.45) is 0 Å². The number of carbonyl (C=O) groups is 1. The average molecular weight is 385 g/mol. The number of nitrogens with zero attached hydrogens (tertiary/aromatic N) is 1. The van der Waals surface area contributed by atoms with Crippen LogP contribution >= 0.6 is 0 Å². The summed E-state index contributed by atoms with van der Waals surface area (Å²) in [6.45, 7) is 3.30. The monoisotopic (exact) mass is 385 g/mol. The number of carboxylic acids is 1. The van der Waals surface area contributed by atoms with E-state index in [9.17, 15) is 23.1 Å². The zero-order valence-corrected chi connectivity index (χ0v) is 14.9. The van der Waals surface area contributed by atoms with Crippen molar-refractivity contribution in [2.75, 3.05) is 0 Å². The zero-order valence-electron chi connectivity index (χ0n) is 14.9. The van der Waals surface area contributed by atoms with Gasteiger partial charge in [-0.05, 0) is 43.7 Å². The van der Waals surface area contributed by atoms with Crippen LogP contribution in [0.4, 0.5) is 13.2 Å². The normalized spacial score (nSPS) is 12.0. The minimum Gasteiger partial charge on any atom is -0.478 e. The summed E-state index contributed by atoms with van der Waals surface area (Å²) in [6.07, 6.45) is -4.58. The molecular weight excluding hydrogens is 371 g/mol. The summed E-state index contributed by atoms with van der Waals surface area (Å²) >= 11 is 0. The predicted octanol–water partition coefficient (Wildman–Crippen LogP) is 5.98. The van der Waals surface area contributed by atoms with E-state index in [4.69, 9.17) is 4.42 Å². The van der Waals surface area contributed by atoms with Crippen molar-refractivity contribution < 1.29 is 27.5 Å². The molecule has 2 heterocycles. The van der Waals surface area contributed by atoms with E-state index in [1.807, 2.05) is 25.1 Å². The second-order valence-corrected chi connectivity index (χ2v) is 6.60. The van der Waals surface area contributed by atoms with Gasteiger partial charge in [-0.25, -0.2) is 9.78 Å². The third kappa shape index (κ3) is 2.79. The Balaban J connectivity index is 2.05. The maximum atomic E-state index is 13.2. The second kappa shape index (κ2) is 6.09. The molecule has 1 N–H and O–H groups in total. The van der Waals surface area contributed by atoms with Gasteiger partial charge in [-0.15, -0.1) is 0 Å². The van der Waals surface area contributed by atoms with Gasteiger partial charge in [-0.2, -0.15) is 13.2 Å². The van der Waals surface area contributed by atoms with Crippen LogP contribution in [0.25, 0.3) is 33.3 Å². The van der Waals surface area contributed by atoms with Crippen molar-refractivity contribution in [2.45, 2.75) is 20.0 Å². The molecule has 0 unspecified atom stereocenters. The smallest absolute Gasteiger partial charge is 0.416 e. The van der Waals surface area contributed by atoms with Crippen molar-refractivity contribution in [1.82, 2.24) is 4.98 Å². The molecule has 0 aliphatic rings. The van der Waals surface area contributed by atoms with Crippen LogP contribution in [0, 0.1) is 13.8 Å². The maximum Gasteiger partial charge on any atom is 0.416 e. The highest BCUT2D eigenvalue weighted by atomic mass is 19.4. The van der Waals surface area contributed by atoms with Gasteiger partial charge in [0.25, 0.3) is 0 Å². The predicted molar refractivity (Wildman–Crippen MR) is 98.4 cm³/mol.